The van der Waals surface area contributed by atoms with Crippen molar-refractivity contribution in [1.82, 2.24) is 15.2 Å². The van der Waals surface area contributed by atoms with Gasteiger partial charge in [0.2, 0.25) is 0 Å². The first-order chi connectivity index (χ1) is 18.6. The van der Waals surface area contributed by atoms with Crippen molar-refractivity contribution in [3.8, 4) is 0 Å². The second kappa shape index (κ2) is 12.7. The number of nitrogens with zero attached hydrogens (tertiary/aromatic N) is 3. The molecule has 0 amide bonds. The van der Waals surface area contributed by atoms with Crippen LogP contribution in [0.3, 0.4) is 0 Å². The van der Waals surface area contributed by atoms with E-state index in [4.69, 9.17) is 42.8 Å². The van der Waals surface area contributed by atoms with Gasteiger partial charge in [-0.25, -0.2) is 18.6 Å². The van der Waals surface area contributed by atoms with Crippen LogP contribution in [0, 0.1) is 0 Å². The maximum atomic E-state index is 14.0. The summed E-state index contributed by atoms with van der Waals surface area (Å²) in [6.45, 7) is 1.31. The molecule has 0 radical (unpaired) electrons. The lowest BCUT2D eigenvalue weighted by Gasteiger charge is -2.36. The Labute approximate surface area is 237 Å². The first-order valence-corrected chi connectivity index (χ1v) is 13.6. The molecule has 0 bridgehead atoms. The number of benzene rings is 1. The van der Waals surface area contributed by atoms with Gasteiger partial charge in [-0.1, -0.05) is 29.3 Å². The highest BCUT2D eigenvalue weighted by molar-refractivity contribution is 7.11. The molecule has 3 heterocycles. The lowest BCUT2D eigenvalue weighted by molar-refractivity contribution is -0.146. The Bertz CT molecular complexity index is 1280. The molecule has 2 aliphatic rings. The number of halogens is 4. The van der Waals surface area contributed by atoms with E-state index in [1.807, 2.05) is 4.90 Å². The summed E-state index contributed by atoms with van der Waals surface area (Å²) in [7, 11) is 1.27. The number of hydrogen-bond donors (Lipinski definition) is 2. The van der Waals surface area contributed by atoms with E-state index in [1.165, 1.54) is 18.4 Å². The summed E-state index contributed by atoms with van der Waals surface area (Å²) in [6.07, 6.45) is -0.735. The van der Waals surface area contributed by atoms with Crippen LogP contribution in [0.1, 0.15) is 35.9 Å². The van der Waals surface area contributed by atoms with Gasteiger partial charge in [0.15, 0.2) is 10.8 Å². The largest absolute Gasteiger partial charge is 0.481 e. The zero-order valence-electron chi connectivity index (χ0n) is 20.8. The van der Waals surface area contributed by atoms with E-state index in [9.17, 15) is 18.4 Å². The summed E-state index contributed by atoms with van der Waals surface area (Å²) in [6, 6.07) is 4.11. The number of thiazole rings is 1. The number of amidine groups is 1. The number of carboxylic acids is 1. The Balaban J connectivity index is 1.62. The van der Waals surface area contributed by atoms with Crippen LogP contribution < -0.4 is 5.32 Å². The number of aliphatic imine (C=N–C) groups is 1. The molecule has 210 valence electrons. The fourth-order valence-corrected chi connectivity index (χ4v) is 5.57. The van der Waals surface area contributed by atoms with Gasteiger partial charge in [-0.15, -0.1) is 11.3 Å². The summed E-state index contributed by atoms with van der Waals surface area (Å²) < 4.78 is 38.7. The lowest BCUT2D eigenvalue weighted by Crippen LogP contribution is -2.46. The second-order valence-electron chi connectivity index (χ2n) is 9.09. The molecule has 2 aliphatic heterocycles. The number of aliphatic carboxylic acids is 1. The molecule has 14 heteroatoms. The summed E-state index contributed by atoms with van der Waals surface area (Å²) in [4.78, 5) is 34.9. The zero-order valence-corrected chi connectivity index (χ0v) is 23.2. The minimum Gasteiger partial charge on any atom is -0.481 e. The number of alkyl halides is 2. The van der Waals surface area contributed by atoms with Crippen LogP contribution in [0.25, 0.3) is 0 Å². The van der Waals surface area contributed by atoms with Crippen molar-refractivity contribution in [2.45, 2.75) is 37.3 Å². The fraction of sp³-hybridized carbons (Fsp3) is 0.440. The molecule has 1 aromatic carbocycles. The Morgan fingerprint density at radius 2 is 2.15 bits per heavy atom. The number of methoxy groups -OCH3 is 1. The quantitative estimate of drug-likeness (QED) is 0.381. The number of carboxylic acid groups (broad SMARTS) is 1. The molecule has 0 spiro atoms. The number of hydrogen-bond acceptors (Lipinski definition) is 9. The van der Waals surface area contributed by atoms with Crippen molar-refractivity contribution in [3.05, 3.63) is 61.7 Å². The van der Waals surface area contributed by atoms with E-state index in [0.717, 1.165) is 0 Å². The van der Waals surface area contributed by atoms with Gasteiger partial charge in [-0.05, 0) is 18.6 Å². The van der Waals surface area contributed by atoms with Crippen LogP contribution in [0.5, 0.6) is 0 Å². The van der Waals surface area contributed by atoms with Gasteiger partial charge in [0.25, 0.3) is 5.92 Å². The van der Waals surface area contributed by atoms with Gasteiger partial charge < -0.3 is 19.9 Å². The van der Waals surface area contributed by atoms with Gasteiger partial charge in [0, 0.05) is 58.9 Å². The Hall–Kier alpha value is -2.64. The number of ether oxygens (including phenoxy) is 2. The highest BCUT2D eigenvalue weighted by Gasteiger charge is 2.36. The molecule has 2 aromatic rings. The highest BCUT2D eigenvalue weighted by atomic mass is 35.5. The first-order valence-electron chi connectivity index (χ1n) is 12.0. The maximum absolute atomic E-state index is 14.0. The van der Waals surface area contributed by atoms with Gasteiger partial charge >= 0.3 is 11.9 Å². The molecular weight excluding hydrogens is 577 g/mol. The molecular formula is C25H26Cl2F2N4O5S. The minimum absolute atomic E-state index is 0.0120. The smallest absolute Gasteiger partial charge is 0.338 e. The average molecular weight is 603 g/mol. The number of nitrogens with one attached hydrogen (secondary N) is 1. The van der Waals surface area contributed by atoms with E-state index < -0.39 is 42.8 Å². The van der Waals surface area contributed by atoms with Crippen molar-refractivity contribution in [3.63, 3.8) is 0 Å². The van der Waals surface area contributed by atoms with Crippen molar-refractivity contribution in [2.24, 2.45) is 4.99 Å². The lowest BCUT2D eigenvalue weighted by atomic mass is 9.95. The standard InChI is InChI=1S/C25H26Cl2F2N4O5S/c1-37-24(36)20-18(13-33-7-8-38-15(12-33)4-5-25(28,29)11-19(34)35)31-22(23-30-6-9-39-23)32-21(20)16-3-2-14(26)10-17(16)27/h2-3,6,9-10,15,21H,4-5,7-8,11-13H2,1H3,(H,31,32)(H,34,35)/t15-,21+/m1/s1. The molecule has 39 heavy (non-hydrogen) atoms. The third-order valence-corrected chi connectivity index (χ3v) is 7.61. The monoisotopic (exact) mass is 602 g/mol. The van der Waals surface area contributed by atoms with E-state index in [-0.39, 0.29) is 25.1 Å². The third-order valence-electron chi connectivity index (χ3n) is 6.27. The minimum atomic E-state index is -3.33. The molecule has 2 atom stereocenters. The third kappa shape index (κ3) is 7.52. The number of morpholine rings is 1. The highest BCUT2D eigenvalue weighted by Crippen LogP contribution is 2.37. The molecule has 1 fully saturated rings. The molecule has 0 unspecified atom stereocenters. The van der Waals surface area contributed by atoms with E-state index >= 15 is 0 Å². The van der Waals surface area contributed by atoms with E-state index in [2.05, 4.69) is 10.3 Å². The molecule has 1 aromatic heterocycles. The zero-order chi connectivity index (χ0) is 28.2. The SMILES string of the molecule is COC(=O)C1=C(CN2CCO[C@H](CCC(F)(F)CC(=O)O)C2)NC(c2nccs2)=N[C@H]1c1ccc(Cl)cc1Cl. The predicted molar refractivity (Wildman–Crippen MR) is 143 cm³/mol. The van der Waals surface area contributed by atoms with Crippen LogP contribution in [0.15, 0.2) is 46.0 Å². The van der Waals surface area contributed by atoms with Gasteiger partial charge in [0.1, 0.15) is 12.5 Å². The Kier molecular flexibility index (Phi) is 9.55. The topological polar surface area (TPSA) is 113 Å². The van der Waals surface area contributed by atoms with Gasteiger partial charge in [-0.2, -0.15) is 0 Å². The van der Waals surface area contributed by atoms with Crippen molar-refractivity contribution in [2.75, 3.05) is 33.4 Å². The predicted octanol–water partition coefficient (Wildman–Crippen LogP) is 4.56. The van der Waals surface area contributed by atoms with Crippen LogP contribution in [0.4, 0.5) is 8.78 Å². The van der Waals surface area contributed by atoms with Gasteiger partial charge in [-0.3, -0.25) is 14.7 Å². The molecule has 0 saturated carbocycles. The molecule has 9 nitrogen and oxygen atoms in total. The van der Waals surface area contributed by atoms with Crippen molar-refractivity contribution >= 4 is 52.3 Å². The maximum Gasteiger partial charge on any atom is 0.338 e. The summed E-state index contributed by atoms with van der Waals surface area (Å²) in [5, 5.41) is 15.1. The van der Waals surface area contributed by atoms with Crippen LogP contribution in [-0.4, -0.2) is 78.1 Å². The fourth-order valence-electron chi connectivity index (χ4n) is 4.47. The number of aromatic nitrogens is 1. The first kappa shape index (κ1) is 29.3. The number of carbonyl (C=O) groups is 2. The summed E-state index contributed by atoms with van der Waals surface area (Å²) in [5.41, 5.74) is 1.31. The number of esters is 1. The van der Waals surface area contributed by atoms with Gasteiger partial charge in [0.05, 0.1) is 25.4 Å². The van der Waals surface area contributed by atoms with Crippen molar-refractivity contribution < 1.29 is 33.0 Å². The van der Waals surface area contributed by atoms with Crippen molar-refractivity contribution in [1.29, 1.82) is 0 Å². The molecule has 4 rings (SSSR count). The second-order valence-corrected chi connectivity index (χ2v) is 10.8. The number of rotatable bonds is 10. The van der Waals surface area contributed by atoms with Crippen LogP contribution in [0.2, 0.25) is 10.0 Å². The molecule has 1 saturated heterocycles. The Morgan fingerprint density at radius 1 is 1.36 bits per heavy atom. The van der Waals surface area contributed by atoms with E-state index in [0.29, 0.717) is 45.2 Å². The van der Waals surface area contributed by atoms with E-state index in [1.54, 1.807) is 29.8 Å². The summed E-state index contributed by atoms with van der Waals surface area (Å²) >= 11 is 14.0. The van der Waals surface area contributed by atoms with Crippen LogP contribution in [-0.2, 0) is 19.1 Å². The molecule has 0 aliphatic carbocycles. The Morgan fingerprint density at radius 3 is 2.82 bits per heavy atom. The average Bonchev–Trinajstić information content (AvgIpc) is 3.41. The van der Waals surface area contributed by atoms with Crippen LogP contribution >= 0.6 is 34.5 Å². The number of carbonyl (C=O) groups excluding carboxylic acids is 1. The summed E-state index contributed by atoms with van der Waals surface area (Å²) in [5.74, 6) is -5.03. The molecule has 2 N–H and O–H groups in total. The normalized spacial score (nSPS) is 20.4.